The lowest BCUT2D eigenvalue weighted by Crippen LogP contribution is -2.27. The molecule has 2 fully saturated rings. The van der Waals surface area contributed by atoms with E-state index < -0.39 is 0 Å². The first kappa shape index (κ1) is 12.7. The molecular formula is C17H20ClNO. The predicted octanol–water partition coefficient (Wildman–Crippen LogP) is 4.78. The molecule has 2 aliphatic carbocycles. The van der Waals surface area contributed by atoms with Crippen molar-refractivity contribution >= 4 is 22.6 Å². The molecule has 2 aliphatic rings. The molecule has 1 heterocycles. The van der Waals surface area contributed by atoms with Gasteiger partial charge in [-0.2, -0.15) is 0 Å². The summed E-state index contributed by atoms with van der Waals surface area (Å²) in [7, 11) is 0. The smallest absolute Gasteiger partial charge is 0.152 e. The summed E-state index contributed by atoms with van der Waals surface area (Å²) in [5.41, 5.74) is 0.829. The molecule has 0 amide bonds. The van der Waals surface area contributed by atoms with E-state index in [0.717, 1.165) is 41.0 Å². The highest BCUT2D eigenvalue weighted by Crippen LogP contribution is 2.57. The molecule has 0 spiro atoms. The van der Waals surface area contributed by atoms with Crippen molar-refractivity contribution in [3.8, 4) is 0 Å². The van der Waals surface area contributed by atoms with E-state index in [2.05, 4.69) is 24.4 Å². The average Bonchev–Trinajstić information content (AvgIpc) is 2.89. The van der Waals surface area contributed by atoms with Crippen LogP contribution < -0.4 is 5.32 Å². The fraction of sp³-hybridized carbons (Fsp3) is 0.529. The maximum Gasteiger partial charge on any atom is 0.152 e. The van der Waals surface area contributed by atoms with Crippen LogP contribution in [0.2, 0.25) is 5.02 Å². The Kier molecular flexibility index (Phi) is 3.04. The lowest BCUT2D eigenvalue weighted by atomic mass is 9.92. The van der Waals surface area contributed by atoms with Gasteiger partial charge in [-0.1, -0.05) is 30.7 Å². The molecule has 2 saturated carbocycles. The Bertz CT molecular complexity index is 625. The molecule has 0 saturated heterocycles. The summed E-state index contributed by atoms with van der Waals surface area (Å²) in [5, 5.41) is 5.44. The zero-order valence-corrected chi connectivity index (χ0v) is 12.5. The molecular weight excluding hydrogens is 270 g/mol. The minimum absolute atomic E-state index is 0.344. The van der Waals surface area contributed by atoms with E-state index in [0.29, 0.717) is 11.1 Å². The summed E-state index contributed by atoms with van der Waals surface area (Å²) in [6, 6.07) is 8.46. The third kappa shape index (κ3) is 2.06. The van der Waals surface area contributed by atoms with Gasteiger partial charge in [0.25, 0.3) is 0 Å². The number of rotatable bonds is 4. The van der Waals surface area contributed by atoms with Gasteiger partial charge in [-0.05, 0) is 55.7 Å². The zero-order chi connectivity index (χ0) is 13.7. The lowest BCUT2D eigenvalue weighted by molar-refractivity contribution is 0.305. The first-order valence-electron chi connectivity index (χ1n) is 7.67. The first-order valence-corrected chi connectivity index (χ1v) is 8.05. The second kappa shape index (κ2) is 4.78. The maximum atomic E-state index is 6.23. The van der Waals surface area contributed by atoms with Crippen LogP contribution in [-0.2, 0) is 0 Å². The van der Waals surface area contributed by atoms with Gasteiger partial charge in [0.2, 0.25) is 0 Å². The molecule has 3 heteroatoms. The number of hydrogen-bond acceptors (Lipinski definition) is 2. The van der Waals surface area contributed by atoms with Gasteiger partial charge >= 0.3 is 0 Å². The Morgan fingerprint density at radius 1 is 1.30 bits per heavy atom. The number of nitrogens with one attached hydrogen (secondary N) is 1. The van der Waals surface area contributed by atoms with E-state index in [4.69, 9.17) is 16.0 Å². The van der Waals surface area contributed by atoms with Gasteiger partial charge in [-0.3, -0.25) is 0 Å². The van der Waals surface area contributed by atoms with Crippen LogP contribution in [0.4, 0.5) is 0 Å². The van der Waals surface area contributed by atoms with Gasteiger partial charge in [0.05, 0.1) is 11.1 Å². The van der Waals surface area contributed by atoms with Crippen LogP contribution >= 0.6 is 11.6 Å². The summed E-state index contributed by atoms with van der Waals surface area (Å²) < 4.78 is 6.08. The number of fused-ring (bicyclic) bond motifs is 2. The molecule has 2 nitrogen and oxygen atoms in total. The highest BCUT2D eigenvalue weighted by atomic mass is 35.5. The van der Waals surface area contributed by atoms with Crippen molar-refractivity contribution in [1.29, 1.82) is 0 Å². The Labute approximate surface area is 124 Å². The van der Waals surface area contributed by atoms with E-state index in [1.54, 1.807) is 0 Å². The van der Waals surface area contributed by atoms with Gasteiger partial charge in [0.1, 0.15) is 5.76 Å². The summed E-state index contributed by atoms with van der Waals surface area (Å²) >= 11 is 6.23. The fourth-order valence-electron chi connectivity index (χ4n) is 3.95. The third-order valence-electron chi connectivity index (χ3n) is 5.00. The van der Waals surface area contributed by atoms with Crippen LogP contribution in [0, 0.1) is 17.8 Å². The van der Waals surface area contributed by atoms with Crippen molar-refractivity contribution in [1.82, 2.24) is 5.32 Å². The molecule has 0 aliphatic heterocycles. The Hall–Kier alpha value is -0.990. The highest BCUT2D eigenvalue weighted by Gasteiger charge is 2.48. The van der Waals surface area contributed by atoms with Crippen molar-refractivity contribution in [2.75, 3.05) is 6.54 Å². The van der Waals surface area contributed by atoms with Crippen LogP contribution in [0.5, 0.6) is 0 Å². The molecule has 4 rings (SSSR count). The quantitative estimate of drug-likeness (QED) is 0.876. The van der Waals surface area contributed by atoms with Gasteiger partial charge in [0.15, 0.2) is 5.58 Å². The van der Waals surface area contributed by atoms with Gasteiger partial charge in [-0.25, -0.2) is 0 Å². The summed E-state index contributed by atoms with van der Waals surface area (Å²) in [6.07, 6.45) is 4.17. The van der Waals surface area contributed by atoms with Crippen molar-refractivity contribution < 1.29 is 4.42 Å². The van der Waals surface area contributed by atoms with Crippen molar-refractivity contribution in [3.05, 3.63) is 35.0 Å². The van der Waals surface area contributed by atoms with Gasteiger partial charge in [-0.15, -0.1) is 0 Å². The topological polar surface area (TPSA) is 25.2 Å². The number of halogens is 1. The van der Waals surface area contributed by atoms with Crippen molar-refractivity contribution in [2.24, 2.45) is 17.8 Å². The van der Waals surface area contributed by atoms with Crippen molar-refractivity contribution in [3.63, 3.8) is 0 Å². The van der Waals surface area contributed by atoms with Crippen LogP contribution in [0.15, 0.2) is 28.7 Å². The summed E-state index contributed by atoms with van der Waals surface area (Å²) in [6.45, 7) is 3.14. The second-order valence-corrected chi connectivity index (χ2v) is 6.74. The summed E-state index contributed by atoms with van der Waals surface area (Å²) in [4.78, 5) is 0. The molecule has 2 aromatic rings. The summed E-state index contributed by atoms with van der Waals surface area (Å²) in [5.74, 6) is 3.77. The largest absolute Gasteiger partial charge is 0.458 e. The second-order valence-electron chi connectivity index (χ2n) is 6.33. The van der Waals surface area contributed by atoms with E-state index in [-0.39, 0.29) is 0 Å². The molecule has 1 aromatic carbocycles. The lowest BCUT2D eigenvalue weighted by Gasteiger charge is -2.23. The number of furan rings is 1. The van der Waals surface area contributed by atoms with Crippen LogP contribution in [-0.4, -0.2) is 6.54 Å². The molecule has 0 radical (unpaired) electrons. The van der Waals surface area contributed by atoms with E-state index in [1.807, 2.05) is 12.1 Å². The van der Waals surface area contributed by atoms with Gasteiger partial charge in [0, 0.05) is 5.39 Å². The van der Waals surface area contributed by atoms with Gasteiger partial charge < -0.3 is 9.73 Å². The van der Waals surface area contributed by atoms with Crippen LogP contribution in [0.1, 0.15) is 38.0 Å². The zero-order valence-electron chi connectivity index (χ0n) is 11.7. The molecule has 20 heavy (non-hydrogen) atoms. The Morgan fingerprint density at radius 3 is 2.80 bits per heavy atom. The number of benzene rings is 1. The fourth-order valence-corrected chi connectivity index (χ4v) is 4.17. The Morgan fingerprint density at radius 2 is 2.10 bits per heavy atom. The monoisotopic (exact) mass is 289 g/mol. The van der Waals surface area contributed by atoms with E-state index in [1.165, 1.54) is 19.3 Å². The Balaban J connectivity index is 1.68. The standard InChI is InChI=1S/C17H20ClNO/c1-2-19-16(13-7-11-6-12(11)8-13)15-9-10-4-3-5-14(18)17(10)20-15/h3-5,9,11-13,16,19H,2,6-8H2,1H3. The third-order valence-corrected chi connectivity index (χ3v) is 5.29. The average molecular weight is 290 g/mol. The molecule has 1 aromatic heterocycles. The molecule has 0 bridgehead atoms. The minimum Gasteiger partial charge on any atom is -0.458 e. The SMILES string of the molecule is CCNC(c1cc2cccc(Cl)c2o1)C1CC2CC2C1. The van der Waals surface area contributed by atoms with Crippen LogP contribution in [0.25, 0.3) is 11.0 Å². The minimum atomic E-state index is 0.344. The highest BCUT2D eigenvalue weighted by molar-refractivity contribution is 6.34. The maximum absolute atomic E-state index is 6.23. The van der Waals surface area contributed by atoms with Crippen molar-refractivity contribution in [2.45, 2.75) is 32.2 Å². The predicted molar refractivity (Wildman–Crippen MR) is 82.0 cm³/mol. The van der Waals surface area contributed by atoms with E-state index >= 15 is 0 Å². The first-order chi connectivity index (χ1) is 9.76. The molecule has 106 valence electrons. The van der Waals surface area contributed by atoms with Crippen LogP contribution in [0.3, 0.4) is 0 Å². The molecule has 3 atom stereocenters. The normalized spacial score (nSPS) is 29.6. The molecule has 3 unspecified atom stereocenters. The number of para-hydroxylation sites is 1. The van der Waals surface area contributed by atoms with E-state index in [9.17, 15) is 0 Å². The number of hydrogen-bond donors (Lipinski definition) is 1. The molecule has 1 N–H and O–H groups in total.